The van der Waals surface area contributed by atoms with E-state index >= 15 is 0 Å². The van der Waals surface area contributed by atoms with Crippen molar-refractivity contribution in [3.05, 3.63) is 6.92 Å². The lowest BCUT2D eigenvalue weighted by Crippen LogP contribution is -1.94. The second kappa shape index (κ2) is 10.8. The van der Waals surface area contributed by atoms with E-state index in [9.17, 15) is 0 Å². The van der Waals surface area contributed by atoms with Crippen LogP contribution in [0.1, 0.15) is 90.4 Å². The number of rotatable bonds is 13. The van der Waals surface area contributed by atoms with Gasteiger partial charge in [0.05, 0.1) is 12.2 Å². The molecular formula is C17H33O. The normalized spacial score (nSPS) is 22.3. The third-order valence-electron chi connectivity index (χ3n) is 4.02. The lowest BCUT2D eigenvalue weighted by molar-refractivity contribution is 0.347. The van der Waals surface area contributed by atoms with Crippen molar-refractivity contribution in [3.8, 4) is 0 Å². The topological polar surface area (TPSA) is 12.5 Å². The van der Waals surface area contributed by atoms with Crippen LogP contribution in [0.15, 0.2) is 0 Å². The standard InChI is InChI=1S/C17H33O/c1-3-5-7-9-11-13-15-17-16(18-17)14-12-10-8-6-4-2/h16-17H,2-15H2,1H3. The third kappa shape index (κ3) is 8.13. The Balaban J connectivity index is 1.77. The minimum absolute atomic E-state index is 0.625. The van der Waals surface area contributed by atoms with E-state index in [0.717, 1.165) is 6.42 Å². The van der Waals surface area contributed by atoms with E-state index < -0.39 is 0 Å². The summed E-state index contributed by atoms with van der Waals surface area (Å²) in [6, 6.07) is 0. The molecule has 1 radical (unpaired) electrons. The Bertz CT molecular complexity index is 178. The quantitative estimate of drug-likeness (QED) is 0.304. The number of ether oxygens (including phenoxy) is 1. The van der Waals surface area contributed by atoms with Crippen LogP contribution in [-0.4, -0.2) is 12.2 Å². The van der Waals surface area contributed by atoms with Gasteiger partial charge in [-0.2, -0.15) is 0 Å². The SMILES string of the molecule is [CH2]CCCCCCC1OC1CCCCCCCC. The van der Waals surface area contributed by atoms with Gasteiger partial charge in [-0.25, -0.2) is 0 Å². The molecular weight excluding hydrogens is 220 g/mol. The molecule has 0 aromatic heterocycles. The molecule has 1 heterocycles. The van der Waals surface area contributed by atoms with E-state index in [4.69, 9.17) is 4.74 Å². The molecule has 1 nitrogen and oxygen atoms in total. The van der Waals surface area contributed by atoms with Gasteiger partial charge in [0.1, 0.15) is 0 Å². The van der Waals surface area contributed by atoms with E-state index in [-0.39, 0.29) is 0 Å². The minimum atomic E-state index is 0.625. The highest BCUT2D eigenvalue weighted by Crippen LogP contribution is 2.31. The molecule has 1 saturated heterocycles. The summed E-state index contributed by atoms with van der Waals surface area (Å²) in [5.74, 6) is 0. The van der Waals surface area contributed by atoms with Gasteiger partial charge in [0.15, 0.2) is 0 Å². The van der Waals surface area contributed by atoms with Crippen molar-refractivity contribution in [2.75, 3.05) is 0 Å². The molecule has 0 spiro atoms. The first-order chi connectivity index (χ1) is 8.88. The summed E-state index contributed by atoms with van der Waals surface area (Å²) in [6.45, 7) is 6.16. The van der Waals surface area contributed by atoms with Gasteiger partial charge < -0.3 is 4.74 Å². The van der Waals surface area contributed by atoms with Crippen LogP contribution in [0, 0.1) is 6.92 Å². The van der Waals surface area contributed by atoms with Gasteiger partial charge in [0, 0.05) is 0 Å². The maximum atomic E-state index is 5.74. The maximum Gasteiger partial charge on any atom is 0.0841 e. The van der Waals surface area contributed by atoms with Crippen LogP contribution < -0.4 is 0 Å². The predicted molar refractivity (Wildman–Crippen MR) is 79.7 cm³/mol. The second-order valence-corrected chi connectivity index (χ2v) is 5.83. The van der Waals surface area contributed by atoms with Crippen molar-refractivity contribution in [1.29, 1.82) is 0 Å². The molecule has 0 amide bonds. The molecule has 1 aliphatic heterocycles. The summed E-state index contributed by atoms with van der Waals surface area (Å²) in [5, 5.41) is 0. The average molecular weight is 253 g/mol. The summed E-state index contributed by atoms with van der Waals surface area (Å²) in [6.07, 6.45) is 18.8. The fourth-order valence-corrected chi connectivity index (χ4v) is 2.69. The van der Waals surface area contributed by atoms with E-state index in [1.54, 1.807) is 0 Å². The van der Waals surface area contributed by atoms with Crippen molar-refractivity contribution < 1.29 is 4.74 Å². The van der Waals surface area contributed by atoms with Gasteiger partial charge in [0.2, 0.25) is 0 Å². The number of unbranched alkanes of at least 4 members (excludes halogenated alkanes) is 9. The Morgan fingerprint density at radius 3 is 1.78 bits per heavy atom. The van der Waals surface area contributed by atoms with Crippen LogP contribution in [-0.2, 0) is 4.74 Å². The van der Waals surface area contributed by atoms with Crippen molar-refractivity contribution in [2.24, 2.45) is 0 Å². The lowest BCUT2D eigenvalue weighted by Gasteiger charge is -1.99. The van der Waals surface area contributed by atoms with Gasteiger partial charge in [0.25, 0.3) is 0 Å². The molecule has 0 bridgehead atoms. The van der Waals surface area contributed by atoms with Crippen molar-refractivity contribution in [3.63, 3.8) is 0 Å². The first-order valence-corrected chi connectivity index (χ1v) is 8.33. The van der Waals surface area contributed by atoms with Crippen molar-refractivity contribution in [1.82, 2.24) is 0 Å². The van der Waals surface area contributed by atoms with Gasteiger partial charge in [-0.15, -0.1) is 0 Å². The second-order valence-electron chi connectivity index (χ2n) is 5.83. The van der Waals surface area contributed by atoms with E-state index in [1.165, 1.54) is 77.0 Å². The zero-order valence-corrected chi connectivity index (χ0v) is 12.5. The lowest BCUT2D eigenvalue weighted by atomic mass is 10.0. The highest BCUT2D eigenvalue weighted by Gasteiger charge is 2.36. The van der Waals surface area contributed by atoms with Crippen molar-refractivity contribution in [2.45, 2.75) is 103 Å². The predicted octanol–water partition coefficient (Wildman–Crippen LogP) is 5.68. The molecule has 1 rings (SSSR count). The van der Waals surface area contributed by atoms with Crippen LogP contribution in [0.4, 0.5) is 0 Å². The van der Waals surface area contributed by atoms with Gasteiger partial charge >= 0.3 is 0 Å². The minimum Gasteiger partial charge on any atom is -0.370 e. The first kappa shape index (κ1) is 16.0. The molecule has 1 heteroatoms. The molecule has 2 unspecified atom stereocenters. The largest absolute Gasteiger partial charge is 0.370 e. The Hall–Kier alpha value is -0.0400. The molecule has 2 atom stereocenters. The molecule has 1 aliphatic rings. The molecule has 1 fully saturated rings. The highest BCUT2D eigenvalue weighted by molar-refractivity contribution is 4.84. The van der Waals surface area contributed by atoms with Crippen LogP contribution in [0.5, 0.6) is 0 Å². The van der Waals surface area contributed by atoms with Crippen LogP contribution >= 0.6 is 0 Å². The highest BCUT2D eigenvalue weighted by atomic mass is 16.6. The van der Waals surface area contributed by atoms with Crippen molar-refractivity contribution >= 4 is 0 Å². The van der Waals surface area contributed by atoms with Crippen LogP contribution in [0.2, 0.25) is 0 Å². The fourth-order valence-electron chi connectivity index (χ4n) is 2.69. The molecule has 0 N–H and O–H groups in total. The summed E-state index contributed by atoms with van der Waals surface area (Å²) >= 11 is 0. The van der Waals surface area contributed by atoms with E-state index in [0.29, 0.717) is 12.2 Å². The Kier molecular flexibility index (Phi) is 9.65. The molecule has 107 valence electrons. The average Bonchev–Trinajstić information content (AvgIpc) is 3.12. The molecule has 0 aliphatic carbocycles. The first-order valence-electron chi connectivity index (χ1n) is 8.33. The number of epoxide rings is 1. The Morgan fingerprint density at radius 2 is 1.22 bits per heavy atom. The summed E-state index contributed by atoms with van der Waals surface area (Å²) in [4.78, 5) is 0. The number of hydrogen-bond acceptors (Lipinski definition) is 1. The zero-order chi connectivity index (χ0) is 13.1. The third-order valence-corrected chi connectivity index (χ3v) is 4.02. The number of hydrogen-bond donors (Lipinski definition) is 0. The fraction of sp³-hybridized carbons (Fsp3) is 0.941. The summed E-state index contributed by atoms with van der Waals surface area (Å²) in [5.41, 5.74) is 0. The maximum absolute atomic E-state index is 5.74. The van der Waals surface area contributed by atoms with Gasteiger partial charge in [-0.1, -0.05) is 84.5 Å². The monoisotopic (exact) mass is 253 g/mol. The van der Waals surface area contributed by atoms with Crippen LogP contribution in [0.3, 0.4) is 0 Å². The van der Waals surface area contributed by atoms with Crippen LogP contribution in [0.25, 0.3) is 0 Å². The van der Waals surface area contributed by atoms with Gasteiger partial charge in [-0.05, 0) is 12.8 Å². The Morgan fingerprint density at radius 1 is 0.722 bits per heavy atom. The summed E-state index contributed by atoms with van der Waals surface area (Å²) in [7, 11) is 0. The van der Waals surface area contributed by atoms with Gasteiger partial charge in [-0.3, -0.25) is 0 Å². The molecule has 18 heavy (non-hydrogen) atoms. The molecule has 0 aromatic carbocycles. The zero-order valence-electron chi connectivity index (χ0n) is 12.5. The molecule has 0 saturated carbocycles. The van der Waals surface area contributed by atoms with E-state index in [1.807, 2.05) is 0 Å². The molecule has 0 aromatic rings. The Labute approximate surface area is 115 Å². The summed E-state index contributed by atoms with van der Waals surface area (Å²) < 4.78 is 5.74. The smallest absolute Gasteiger partial charge is 0.0841 e. The van der Waals surface area contributed by atoms with E-state index in [2.05, 4.69) is 13.8 Å².